The number of nitrogens with one attached hydrogen (secondary N) is 1. The van der Waals surface area contributed by atoms with E-state index in [0.29, 0.717) is 0 Å². The highest BCUT2D eigenvalue weighted by Crippen LogP contribution is 2.43. The van der Waals surface area contributed by atoms with Crippen LogP contribution in [0.1, 0.15) is 24.1 Å². The van der Waals surface area contributed by atoms with Gasteiger partial charge in [0.15, 0.2) is 11.5 Å². The summed E-state index contributed by atoms with van der Waals surface area (Å²) < 4.78 is 11.1. The Balaban J connectivity index is 2.44. The van der Waals surface area contributed by atoms with Gasteiger partial charge in [-0.25, -0.2) is 0 Å². The van der Waals surface area contributed by atoms with Crippen LogP contribution < -0.4 is 15.0 Å². The smallest absolute Gasteiger partial charge is 0.166 e. The Morgan fingerprint density at radius 3 is 2.69 bits per heavy atom. The van der Waals surface area contributed by atoms with Gasteiger partial charge in [-0.1, -0.05) is 6.07 Å². The zero-order chi connectivity index (χ0) is 11.7. The quantitative estimate of drug-likeness (QED) is 0.795. The Hall–Kier alpha value is -1.26. The van der Waals surface area contributed by atoms with Crippen LogP contribution >= 0.6 is 0 Å². The van der Waals surface area contributed by atoms with E-state index < -0.39 is 0 Å². The topological polar surface area (TPSA) is 39.7 Å². The number of methoxy groups -OCH3 is 1. The number of fused-ring (bicyclic) bond motifs is 1. The van der Waals surface area contributed by atoms with Crippen LogP contribution in [0, 0.1) is 6.92 Å². The van der Waals surface area contributed by atoms with E-state index in [1.165, 1.54) is 0 Å². The van der Waals surface area contributed by atoms with Crippen LogP contribution in [0.4, 0.5) is 0 Å². The summed E-state index contributed by atoms with van der Waals surface area (Å²) in [5.74, 6) is 1.59. The van der Waals surface area contributed by atoms with Crippen molar-refractivity contribution in [1.82, 2.24) is 5.48 Å². The van der Waals surface area contributed by atoms with Gasteiger partial charge in [-0.15, -0.1) is 0 Å². The maximum Gasteiger partial charge on any atom is 0.166 e. The van der Waals surface area contributed by atoms with Crippen molar-refractivity contribution in [2.75, 3.05) is 14.2 Å². The molecule has 1 N–H and O–H groups in total. The van der Waals surface area contributed by atoms with Crippen LogP contribution in [0.2, 0.25) is 0 Å². The lowest BCUT2D eigenvalue weighted by Crippen LogP contribution is -2.27. The van der Waals surface area contributed by atoms with Crippen molar-refractivity contribution >= 4 is 0 Å². The average Bonchev–Trinajstić information content (AvgIpc) is 2.56. The summed E-state index contributed by atoms with van der Waals surface area (Å²) in [6, 6.07) is 4.12. The van der Waals surface area contributed by atoms with E-state index in [1.54, 1.807) is 14.2 Å². The first-order chi connectivity index (χ1) is 7.67. The van der Waals surface area contributed by atoms with Crippen molar-refractivity contribution in [3.8, 4) is 11.5 Å². The van der Waals surface area contributed by atoms with Gasteiger partial charge in [-0.05, 0) is 25.5 Å². The summed E-state index contributed by atoms with van der Waals surface area (Å²) in [7, 11) is 3.26. The molecule has 1 aromatic carbocycles. The zero-order valence-electron chi connectivity index (χ0n) is 10.0. The van der Waals surface area contributed by atoms with Gasteiger partial charge in [0.25, 0.3) is 0 Å². The number of hydrogen-bond donors (Lipinski definition) is 1. The van der Waals surface area contributed by atoms with Crippen LogP contribution in [0.3, 0.4) is 0 Å². The number of hydroxylamine groups is 1. The molecule has 0 fully saturated rings. The van der Waals surface area contributed by atoms with Crippen LogP contribution in [0.25, 0.3) is 0 Å². The number of hydrogen-bond acceptors (Lipinski definition) is 4. The molecule has 4 nitrogen and oxygen atoms in total. The van der Waals surface area contributed by atoms with Gasteiger partial charge in [-0.2, -0.15) is 5.48 Å². The molecule has 0 aliphatic carbocycles. The Kier molecular flexibility index (Phi) is 3.03. The lowest BCUT2D eigenvalue weighted by Gasteiger charge is -2.14. The van der Waals surface area contributed by atoms with E-state index in [4.69, 9.17) is 14.3 Å². The largest absolute Gasteiger partial charge is 0.493 e. The van der Waals surface area contributed by atoms with Crippen LogP contribution in [0.15, 0.2) is 12.1 Å². The summed E-state index contributed by atoms with van der Waals surface area (Å²) in [4.78, 5) is 5.00. The fraction of sp³-hybridized carbons (Fsp3) is 0.500. The highest BCUT2D eigenvalue weighted by molar-refractivity contribution is 5.53. The maximum absolute atomic E-state index is 5.78. The van der Waals surface area contributed by atoms with Crippen molar-refractivity contribution < 1.29 is 14.3 Å². The second-order valence-electron chi connectivity index (χ2n) is 4.01. The Bertz CT molecular complexity index is 392. The van der Waals surface area contributed by atoms with Gasteiger partial charge >= 0.3 is 0 Å². The van der Waals surface area contributed by atoms with Crippen LogP contribution in [-0.4, -0.2) is 20.3 Å². The molecule has 4 heteroatoms. The van der Waals surface area contributed by atoms with Gasteiger partial charge < -0.3 is 14.3 Å². The van der Waals surface area contributed by atoms with E-state index >= 15 is 0 Å². The minimum Gasteiger partial charge on any atom is -0.493 e. The van der Waals surface area contributed by atoms with Crippen molar-refractivity contribution in [2.24, 2.45) is 0 Å². The first kappa shape index (κ1) is 11.2. The highest BCUT2D eigenvalue weighted by Gasteiger charge is 2.33. The molecule has 1 heterocycles. The van der Waals surface area contributed by atoms with Gasteiger partial charge in [0.05, 0.1) is 20.3 Å². The number of rotatable bonds is 3. The molecule has 0 bridgehead atoms. The molecule has 2 unspecified atom stereocenters. The molecular weight excluding hydrogens is 206 g/mol. The molecule has 88 valence electrons. The van der Waals surface area contributed by atoms with Gasteiger partial charge in [0, 0.05) is 5.56 Å². The number of aryl methyl sites for hydroxylation is 1. The second-order valence-corrected chi connectivity index (χ2v) is 4.01. The van der Waals surface area contributed by atoms with E-state index in [9.17, 15) is 0 Å². The van der Waals surface area contributed by atoms with E-state index in [-0.39, 0.29) is 12.1 Å². The molecule has 1 aliphatic rings. The van der Waals surface area contributed by atoms with Gasteiger partial charge in [-0.3, -0.25) is 0 Å². The van der Waals surface area contributed by atoms with Crippen molar-refractivity contribution in [3.05, 3.63) is 23.3 Å². The summed E-state index contributed by atoms with van der Waals surface area (Å²) in [5.41, 5.74) is 5.19. The molecule has 0 saturated heterocycles. The van der Waals surface area contributed by atoms with Crippen LogP contribution in [0.5, 0.6) is 11.5 Å². The minimum absolute atomic E-state index is 0.0330. The standard InChI is InChI=1S/C12H17NO3/c1-7-5-9-11(13-15-4)8(2)16-12(9)10(6-7)14-3/h5-6,8,11,13H,1-4H3. The summed E-state index contributed by atoms with van der Waals surface area (Å²) in [5, 5.41) is 0. The molecule has 1 aliphatic heterocycles. The Morgan fingerprint density at radius 1 is 1.31 bits per heavy atom. The highest BCUT2D eigenvalue weighted by atomic mass is 16.6. The van der Waals surface area contributed by atoms with Gasteiger partial charge in [0.1, 0.15) is 6.10 Å². The Labute approximate surface area is 95.5 Å². The first-order valence-electron chi connectivity index (χ1n) is 5.31. The third kappa shape index (κ3) is 1.74. The van der Waals surface area contributed by atoms with Crippen molar-refractivity contribution in [1.29, 1.82) is 0 Å². The SMILES string of the molecule is CONC1c2cc(C)cc(OC)c2OC1C. The first-order valence-corrected chi connectivity index (χ1v) is 5.31. The predicted octanol–water partition coefficient (Wildman–Crippen LogP) is 1.98. The van der Waals surface area contributed by atoms with Crippen molar-refractivity contribution in [3.63, 3.8) is 0 Å². The second kappa shape index (κ2) is 4.31. The van der Waals surface area contributed by atoms with Crippen LogP contribution in [-0.2, 0) is 4.84 Å². The molecule has 0 saturated carbocycles. The molecule has 1 aromatic rings. The zero-order valence-corrected chi connectivity index (χ0v) is 10.0. The third-order valence-electron chi connectivity index (χ3n) is 2.80. The molecule has 0 radical (unpaired) electrons. The molecule has 2 rings (SSSR count). The normalized spacial score (nSPS) is 22.8. The molecule has 0 amide bonds. The fourth-order valence-electron chi connectivity index (χ4n) is 2.07. The molecule has 16 heavy (non-hydrogen) atoms. The summed E-state index contributed by atoms with van der Waals surface area (Å²) >= 11 is 0. The third-order valence-corrected chi connectivity index (χ3v) is 2.80. The Morgan fingerprint density at radius 2 is 2.06 bits per heavy atom. The molecule has 0 aromatic heterocycles. The summed E-state index contributed by atoms with van der Waals surface area (Å²) in [6.07, 6.45) is 0.0330. The van der Waals surface area contributed by atoms with E-state index in [0.717, 1.165) is 22.6 Å². The predicted molar refractivity (Wildman–Crippen MR) is 60.7 cm³/mol. The maximum atomic E-state index is 5.78. The fourth-order valence-corrected chi connectivity index (χ4v) is 2.07. The molecule has 0 spiro atoms. The molecule has 2 atom stereocenters. The van der Waals surface area contributed by atoms with Crippen molar-refractivity contribution in [2.45, 2.75) is 26.0 Å². The lowest BCUT2D eigenvalue weighted by atomic mass is 10.0. The monoisotopic (exact) mass is 223 g/mol. The average molecular weight is 223 g/mol. The summed E-state index contributed by atoms with van der Waals surface area (Å²) in [6.45, 7) is 4.04. The number of ether oxygens (including phenoxy) is 2. The lowest BCUT2D eigenvalue weighted by molar-refractivity contribution is 0.0337. The minimum atomic E-state index is 0.0330. The van der Waals surface area contributed by atoms with Gasteiger partial charge in [0.2, 0.25) is 0 Å². The van der Waals surface area contributed by atoms with E-state index in [1.807, 2.05) is 19.9 Å². The van der Waals surface area contributed by atoms with E-state index in [2.05, 4.69) is 11.5 Å². The molecular formula is C12H17NO3. The number of benzene rings is 1.